The molecule has 0 saturated carbocycles. The first-order chi connectivity index (χ1) is 4.33. The van der Waals surface area contributed by atoms with Crippen LogP contribution < -0.4 is 0 Å². The standard InChI is InChI=1S/C7H15NO2/c1-7(2,10)5-6(9)8(3)4/h10H,5H2,1-4H3. The van der Waals surface area contributed by atoms with Gasteiger partial charge in [0, 0.05) is 14.1 Å². The summed E-state index contributed by atoms with van der Waals surface area (Å²) in [6.07, 6.45) is 0.181. The molecular weight excluding hydrogens is 130 g/mol. The van der Waals surface area contributed by atoms with Crippen molar-refractivity contribution in [3.63, 3.8) is 0 Å². The van der Waals surface area contributed by atoms with E-state index in [1.807, 2.05) is 0 Å². The van der Waals surface area contributed by atoms with Crippen molar-refractivity contribution < 1.29 is 9.90 Å². The third-order valence-electron chi connectivity index (χ3n) is 1.08. The third kappa shape index (κ3) is 4.32. The lowest BCUT2D eigenvalue weighted by atomic mass is 10.1. The van der Waals surface area contributed by atoms with Gasteiger partial charge in [0.1, 0.15) is 0 Å². The van der Waals surface area contributed by atoms with Gasteiger partial charge < -0.3 is 10.0 Å². The maximum absolute atomic E-state index is 10.9. The summed E-state index contributed by atoms with van der Waals surface area (Å²) < 4.78 is 0. The summed E-state index contributed by atoms with van der Waals surface area (Å²) in [5.41, 5.74) is -0.888. The molecule has 0 spiro atoms. The molecule has 3 heteroatoms. The van der Waals surface area contributed by atoms with Crippen molar-refractivity contribution >= 4 is 5.91 Å². The van der Waals surface area contributed by atoms with Crippen molar-refractivity contribution in [3.8, 4) is 0 Å². The van der Waals surface area contributed by atoms with Gasteiger partial charge in [-0.1, -0.05) is 0 Å². The SMILES string of the molecule is CN(C)C(=O)CC(C)(C)O. The van der Waals surface area contributed by atoms with E-state index in [9.17, 15) is 9.90 Å². The first-order valence-electron chi connectivity index (χ1n) is 3.25. The molecule has 0 atom stereocenters. The van der Waals surface area contributed by atoms with E-state index in [1.54, 1.807) is 27.9 Å². The summed E-state index contributed by atoms with van der Waals surface area (Å²) in [4.78, 5) is 12.4. The van der Waals surface area contributed by atoms with E-state index < -0.39 is 5.60 Å². The molecule has 0 unspecified atom stereocenters. The molecule has 0 aromatic heterocycles. The highest BCUT2D eigenvalue weighted by Crippen LogP contribution is 2.07. The fraction of sp³-hybridized carbons (Fsp3) is 0.857. The monoisotopic (exact) mass is 145 g/mol. The van der Waals surface area contributed by atoms with Crippen LogP contribution in [0.5, 0.6) is 0 Å². The zero-order valence-corrected chi connectivity index (χ0v) is 7.01. The number of nitrogens with zero attached hydrogens (tertiary/aromatic N) is 1. The molecule has 10 heavy (non-hydrogen) atoms. The van der Waals surface area contributed by atoms with Gasteiger partial charge in [-0.05, 0) is 13.8 Å². The maximum Gasteiger partial charge on any atom is 0.224 e. The van der Waals surface area contributed by atoms with E-state index in [0.29, 0.717) is 0 Å². The fourth-order valence-corrected chi connectivity index (χ4v) is 0.528. The maximum atomic E-state index is 10.9. The third-order valence-corrected chi connectivity index (χ3v) is 1.08. The van der Waals surface area contributed by atoms with Crippen LogP contribution >= 0.6 is 0 Å². The average Bonchev–Trinajstić information content (AvgIpc) is 1.60. The minimum Gasteiger partial charge on any atom is -0.390 e. The number of rotatable bonds is 2. The molecule has 0 aliphatic rings. The van der Waals surface area contributed by atoms with Gasteiger partial charge in [-0.2, -0.15) is 0 Å². The normalized spacial score (nSPS) is 11.3. The zero-order valence-electron chi connectivity index (χ0n) is 7.01. The predicted octanol–water partition coefficient (Wildman–Crippen LogP) is 0.236. The van der Waals surface area contributed by atoms with Crippen molar-refractivity contribution in [1.82, 2.24) is 4.90 Å². The smallest absolute Gasteiger partial charge is 0.224 e. The van der Waals surface area contributed by atoms with E-state index in [0.717, 1.165) is 0 Å². The molecule has 0 radical (unpaired) electrons. The molecule has 1 amide bonds. The summed E-state index contributed by atoms with van der Waals surface area (Å²) in [7, 11) is 3.35. The Balaban J connectivity index is 3.81. The van der Waals surface area contributed by atoms with Crippen LogP contribution in [-0.2, 0) is 4.79 Å². The Bertz CT molecular complexity index is 124. The topological polar surface area (TPSA) is 40.5 Å². The number of aliphatic hydroxyl groups is 1. The van der Waals surface area contributed by atoms with Gasteiger partial charge in [0.2, 0.25) is 5.91 Å². The molecule has 3 nitrogen and oxygen atoms in total. The quantitative estimate of drug-likeness (QED) is 0.604. The van der Waals surface area contributed by atoms with Gasteiger partial charge in [-0.15, -0.1) is 0 Å². The molecule has 0 heterocycles. The minimum atomic E-state index is -0.888. The Morgan fingerprint density at radius 3 is 2.00 bits per heavy atom. The molecule has 0 aliphatic heterocycles. The predicted molar refractivity (Wildman–Crippen MR) is 39.6 cm³/mol. The molecule has 60 valence electrons. The van der Waals surface area contributed by atoms with Crippen molar-refractivity contribution in [2.75, 3.05) is 14.1 Å². The van der Waals surface area contributed by atoms with Crippen molar-refractivity contribution in [2.24, 2.45) is 0 Å². The van der Waals surface area contributed by atoms with E-state index in [1.165, 1.54) is 4.90 Å². The number of hydrogen-bond acceptors (Lipinski definition) is 2. The van der Waals surface area contributed by atoms with Crippen LogP contribution in [0, 0.1) is 0 Å². The Kier molecular flexibility index (Phi) is 2.84. The molecular formula is C7H15NO2. The molecule has 0 bridgehead atoms. The van der Waals surface area contributed by atoms with Crippen LogP contribution in [0.25, 0.3) is 0 Å². The molecule has 0 aromatic carbocycles. The van der Waals surface area contributed by atoms with E-state index in [2.05, 4.69) is 0 Å². The first kappa shape index (κ1) is 9.43. The zero-order chi connectivity index (χ0) is 8.36. The molecule has 0 aliphatic carbocycles. The second-order valence-electron chi connectivity index (χ2n) is 3.28. The second-order valence-corrected chi connectivity index (χ2v) is 3.28. The van der Waals surface area contributed by atoms with Crippen molar-refractivity contribution in [3.05, 3.63) is 0 Å². The van der Waals surface area contributed by atoms with Crippen LogP contribution in [0.3, 0.4) is 0 Å². The lowest BCUT2D eigenvalue weighted by molar-refractivity contribution is -0.132. The Labute approximate surface area is 61.6 Å². The van der Waals surface area contributed by atoms with Crippen molar-refractivity contribution in [1.29, 1.82) is 0 Å². The molecule has 0 fully saturated rings. The van der Waals surface area contributed by atoms with E-state index >= 15 is 0 Å². The highest BCUT2D eigenvalue weighted by atomic mass is 16.3. The van der Waals surface area contributed by atoms with Crippen LogP contribution in [0.4, 0.5) is 0 Å². The van der Waals surface area contributed by atoms with Crippen molar-refractivity contribution in [2.45, 2.75) is 25.9 Å². The number of carbonyl (C=O) groups is 1. The summed E-state index contributed by atoms with van der Waals surface area (Å²) in [6, 6.07) is 0. The molecule has 0 aromatic rings. The van der Waals surface area contributed by atoms with Crippen LogP contribution in [0.2, 0.25) is 0 Å². The van der Waals surface area contributed by atoms with Gasteiger partial charge in [-0.3, -0.25) is 4.79 Å². The molecule has 0 rings (SSSR count). The van der Waals surface area contributed by atoms with Gasteiger partial charge in [0.25, 0.3) is 0 Å². The van der Waals surface area contributed by atoms with Gasteiger partial charge in [0.15, 0.2) is 0 Å². The molecule has 1 N–H and O–H groups in total. The minimum absolute atomic E-state index is 0.0486. The van der Waals surface area contributed by atoms with E-state index in [-0.39, 0.29) is 12.3 Å². The van der Waals surface area contributed by atoms with Crippen LogP contribution in [0.15, 0.2) is 0 Å². The number of amides is 1. The van der Waals surface area contributed by atoms with Crippen LogP contribution in [0.1, 0.15) is 20.3 Å². The Morgan fingerprint density at radius 2 is 1.90 bits per heavy atom. The average molecular weight is 145 g/mol. The lowest BCUT2D eigenvalue weighted by Gasteiger charge is -2.18. The summed E-state index contributed by atoms with van der Waals surface area (Å²) in [5.74, 6) is -0.0486. The number of carbonyl (C=O) groups excluding carboxylic acids is 1. The summed E-state index contributed by atoms with van der Waals surface area (Å²) in [5, 5.41) is 9.19. The fourth-order valence-electron chi connectivity index (χ4n) is 0.528. The first-order valence-corrected chi connectivity index (χ1v) is 3.25. The van der Waals surface area contributed by atoms with E-state index in [4.69, 9.17) is 0 Å². The lowest BCUT2D eigenvalue weighted by Crippen LogP contribution is -2.31. The summed E-state index contributed by atoms with van der Waals surface area (Å²) in [6.45, 7) is 3.24. The largest absolute Gasteiger partial charge is 0.390 e. The Morgan fingerprint density at radius 1 is 1.50 bits per heavy atom. The number of hydrogen-bond donors (Lipinski definition) is 1. The van der Waals surface area contributed by atoms with Gasteiger partial charge in [0.05, 0.1) is 12.0 Å². The summed E-state index contributed by atoms with van der Waals surface area (Å²) >= 11 is 0. The van der Waals surface area contributed by atoms with Crippen LogP contribution in [-0.4, -0.2) is 35.6 Å². The second kappa shape index (κ2) is 3.01. The Hall–Kier alpha value is -0.570. The van der Waals surface area contributed by atoms with Gasteiger partial charge >= 0.3 is 0 Å². The highest BCUT2D eigenvalue weighted by Gasteiger charge is 2.18. The van der Waals surface area contributed by atoms with Gasteiger partial charge in [-0.25, -0.2) is 0 Å². The molecule has 0 saturated heterocycles. The highest BCUT2D eigenvalue weighted by molar-refractivity contribution is 5.76.